The van der Waals surface area contributed by atoms with Gasteiger partial charge in [-0.15, -0.1) is 0 Å². The van der Waals surface area contributed by atoms with Crippen LogP contribution in [-0.4, -0.2) is 25.9 Å². The van der Waals surface area contributed by atoms with Gasteiger partial charge in [0.15, 0.2) is 0 Å². The lowest BCUT2D eigenvalue weighted by molar-refractivity contribution is 0.196. The van der Waals surface area contributed by atoms with Crippen LogP contribution >= 0.6 is 0 Å². The van der Waals surface area contributed by atoms with Gasteiger partial charge >= 0.3 is 0 Å². The summed E-state index contributed by atoms with van der Waals surface area (Å²) in [7, 11) is 0. The molecule has 18 heavy (non-hydrogen) atoms. The summed E-state index contributed by atoms with van der Waals surface area (Å²) in [6.07, 6.45) is 8.49. The molecule has 1 saturated heterocycles. The normalized spacial score (nSPS) is 22.2. The Balaban J connectivity index is 2.08. The zero-order valence-corrected chi connectivity index (χ0v) is 10.7. The number of nitrogens with zero attached hydrogens (tertiary/aromatic N) is 4. The highest BCUT2D eigenvalue weighted by atomic mass is 15.4. The fraction of sp³-hybridized carbons (Fsp3) is 0.538. The van der Waals surface area contributed by atoms with Crippen molar-refractivity contribution in [3.63, 3.8) is 0 Å². The molecule has 0 saturated carbocycles. The van der Waals surface area contributed by atoms with Gasteiger partial charge in [0.1, 0.15) is 11.5 Å². The van der Waals surface area contributed by atoms with Crippen molar-refractivity contribution in [3.8, 4) is 0 Å². The number of aromatic nitrogens is 3. The smallest absolute Gasteiger partial charge is 0.139 e. The van der Waals surface area contributed by atoms with E-state index >= 15 is 0 Å². The molecule has 1 fully saturated rings. The molecule has 0 amide bonds. The van der Waals surface area contributed by atoms with Crippen LogP contribution in [0.3, 0.4) is 0 Å². The molecule has 0 aromatic carbocycles. The van der Waals surface area contributed by atoms with Crippen molar-refractivity contribution in [1.29, 1.82) is 0 Å². The predicted molar refractivity (Wildman–Crippen MR) is 69.8 cm³/mol. The molecule has 0 aliphatic carbocycles. The summed E-state index contributed by atoms with van der Waals surface area (Å²) in [5.74, 6) is 7.20. The molecule has 96 valence electrons. The standard InChI is InChI=1S/C13H19N5/c1-10-9-12-15-6-8-17(12)13(16-10)11-5-3-2-4-7-18(11)14/h6,8-9,11H,2-5,7,14H2,1H3. The first-order chi connectivity index (χ1) is 8.75. The van der Waals surface area contributed by atoms with Crippen molar-refractivity contribution in [2.75, 3.05) is 6.54 Å². The molecule has 1 aliphatic rings. The van der Waals surface area contributed by atoms with E-state index in [1.54, 1.807) is 0 Å². The highest BCUT2D eigenvalue weighted by Crippen LogP contribution is 2.27. The van der Waals surface area contributed by atoms with Crippen LogP contribution in [0.1, 0.15) is 43.2 Å². The minimum Gasteiger partial charge on any atom is -0.286 e. The largest absolute Gasteiger partial charge is 0.286 e. The molecule has 3 heterocycles. The van der Waals surface area contributed by atoms with E-state index in [4.69, 9.17) is 10.8 Å². The number of hydrogen-bond acceptors (Lipinski definition) is 4. The predicted octanol–water partition coefficient (Wildman–Crippen LogP) is 1.83. The van der Waals surface area contributed by atoms with E-state index in [0.717, 1.165) is 30.1 Å². The number of rotatable bonds is 1. The second-order valence-electron chi connectivity index (χ2n) is 5.01. The number of hydrogen-bond donors (Lipinski definition) is 1. The minimum atomic E-state index is 0.198. The Labute approximate surface area is 107 Å². The maximum absolute atomic E-state index is 6.18. The molecule has 2 aromatic rings. The molecular formula is C13H19N5. The van der Waals surface area contributed by atoms with Crippen LogP contribution in [0.2, 0.25) is 0 Å². The summed E-state index contributed by atoms with van der Waals surface area (Å²) in [6, 6.07) is 2.20. The Morgan fingerprint density at radius 2 is 2.22 bits per heavy atom. The lowest BCUT2D eigenvalue weighted by Crippen LogP contribution is -2.36. The number of hydrazine groups is 1. The fourth-order valence-electron chi connectivity index (χ4n) is 2.71. The van der Waals surface area contributed by atoms with Gasteiger partial charge in [-0.3, -0.25) is 10.2 Å². The quantitative estimate of drug-likeness (QED) is 0.779. The summed E-state index contributed by atoms with van der Waals surface area (Å²) in [6.45, 7) is 2.95. The second-order valence-corrected chi connectivity index (χ2v) is 5.01. The van der Waals surface area contributed by atoms with Crippen molar-refractivity contribution >= 4 is 5.65 Å². The summed E-state index contributed by atoms with van der Waals surface area (Å²) < 4.78 is 2.06. The third kappa shape index (κ3) is 2.00. The zero-order valence-electron chi connectivity index (χ0n) is 10.7. The summed E-state index contributed by atoms with van der Waals surface area (Å²) >= 11 is 0. The van der Waals surface area contributed by atoms with Gasteiger partial charge in [0.2, 0.25) is 0 Å². The maximum atomic E-state index is 6.18. The van der Waals surface area contributed by atoms with Crippen LogP contribution in [0.25, 0.3) is 5.65 Å². The van der Waals surface area contributed by atoms with Crippen LogP contribution in [-0.2, 0) is 0 Å². The summed E-state index contributed by atoms with van der Waals surface area (Å²) in [4.78, 5) is 9.04. The van der Waals surface area contributed by atoms with Gasteiger partial charge in [0, 0.05) is 30.7 Å². The Morgan fingerprint density at radius 1 is 1.33 bits per heavy atom. The Morgan fingerprint density at radius 3 is 3.11 bits per heavy atom. The molecule has 1 atom stereocenters. The number of fused-ring (bicyclic) bond motifs is 1. The van der Waals surface area contributed by atoms with Crippen LogP contribution in [0, 0.1) is 6.92 Å². The molecular weight excluding hydrogens is 226 g/mol. The SMILES string of the molecule is Cc1cc2nccn2c(C2CCCCCN2N)n1. The van der Waals surface area contributed by atoms with Crippen molar-refractivity contribution in [3.05, 3.63) is 30.0 Å². The van der Waals surface area contributed by atoms with E-state index in [0.29, 0.717) is 0 Å². The third-order valence-corrected chi connectivity index (χ3v) is 3.64. The average molecular weight is 245 g/mol. The lowest BCUT2D eigenvalue weighted by Gasteiger charge is -2.25. The first-order valence-electron chi connectivity index (χ1n) is 6.57. The van der Waals surface area contributed by atoms with Gasteiger partial charge in [-0.05, 0) is 19.8 Å². The summed E-state index contributed by atoms with van der Waals surface area (Å²) in [5.41, 5.74) is 1.96. The van der Waals surface area contributed by atoms with Crippen molar-refractivity contribution in [2.45, 2.75) is 38.6 Å². The van der Waals surface area contributed by atoms with Crippen molar-refractivity contribution in [1.82, 2.24) is 19.4 Å². The van der Waals surface area contributed by atoms with Gasteiger partial charge in [-0.2, -0.15) is 0 Å². The zero-order chi connectivity index (χ0) is 12.5. The Kier molecular flexibility index (Phi) is 3.01. The monoisotopic (exact) mass is 245 g/mol. The molecule has 2 N–H and O–H groups in total. The molecule has 2 aromatic heterocycles. The minimum absolute atomic E-state index is 0.198. The molecule has 0 bridgehead atoms. The first kappa shape index (κ1) is 11.6. The highest BCUT2D eigenvalue weighted by molar-refractivity contribution is 5.40. The van der Waals surface area contributed by atoms with Gasteiger partial charge in [-0.1, -0.05) is 12.8 Å². The molecule has 5 nitrogen and oxygen atoms in total. The van der Waals surface area contributed by atoms with Gasteiger partial charge in [0.05, 0.1) is 6.04 Å². The van der Waals surface area contributed by atoms with Crippen LogP contribution < -0.4 is 5.84 Å². The molecule has 0 radical (unpaired) electrons. The van der Waals surface area contributed by atoms with Crippen LogP contribution in [0.5, 0.6) is 0 Å². The van der Waals surface area contributed by atoms with E-state index in [9.17, 15) is 0 Å². The third-order valence-electron chi connectivity index (χ3n) is 3.64. The second kappa shape index (κ2) is 4.66. The van der Waals surface area contributed by atoms with E-state index in [2.05, 4.69) is 9.38 Å². The maximum Gasteiger partial charge on any atom is 0.139 e. The van der Waals surface area contributed by atoms with Crippen molar-refractivity contribution < 1.29 is 0 Å². The first-order valence-corrected chi connectivity index (χ1v) is 6.57. The van der Waals surface area contributed by atoms with E-state index < -0.39 is 0 Å². The molecule has 3 rings (SSSR count). The average Bonchev–Trinajstić information content (AvgIpc) is 2.70. The topological polar surface area (TPSA) is 59.5 Å². The summed E-state index contributed by atoms with van der Waals surface area (Å²) in [5, 5.41) is 1.94. The molecule has 1 aliphatic heterocycles. The number of nitrogens with two attached hydrogens (primary N) is 1. The lowest BCUT2D eigenvalue weighted by atomic mass is 10.1. The van der Waals surface area contributed by atoms with E-state index in [1.165, 1.54) is 19.3 Å². The molecule has 5 heteroatoms. The molecule has 0 spiro atoms. The highest BCUT2D eigenvalue weighted by Gasteiger charge is 2.23. The fourth-order valence-corrected chi connectivity index (χ4v) is 2.71. The molecule has 1 unspecified atom stereocenters. The van der Waals surface area contributed by atoms with Crippen molar-refractivity contribution in [2.24, 2.45) is 5.84 Å². The Bertz CT molecular complexity index is 547. The van der Waals surface area contributed by atoms with E-state index in [-0.39, 0.29) is 6.04 Å². The number of aryl methyl sites for hydroxylation is 1. The van der Waals surface area contributed by atoms with Crippen LogP contribution in [0.4, 0.5) is 0 Å². The number of imidazole rings is 1. The van der Waals surface area contributed by atoms with Gasteiger partial charge < -0.3 is 0 Å². The Hall–Kier alpha value is -1.46. The van der Waals surface area contributed by atoms with Gasteiger partial charge in [0.25, 0.3) is 0 Å². The van der Waals surface area contributed by atoms with Gasteiger partial charge in [-0.25, -0.2) is 15.0 Å². The van der Waals surface area contributed by atoms with Crippen LogP contribution in [0.15, 0.2) is 18.5 Å². The van der Waals surface area contributed by atoms with E-state index in [1.807, 2.05) is 30.4 Å².